The largest absolute Gasteiger partial charge is 2.00 e. The van der Waals surface area contributed by atoms with E-state index in [1.54, 1.807) is 19.2 Å². The van der Waals surface area contributed by atoms with Crippen LogP contribution in [0.3, 0.4) is 0 Å². The van der Waals surface area contributed by atoms with Crippen molar-refractivity contribution in [2.24, 2.45) is 20.4 Å². The monoisotopic (exact) mass is 873 g/mol. The molecule has 0 heterocycles. The van der Waals surface area contributed by atoms with Crippen LogP contribution < -0.4 is 43.5 Å². The molecule has 0 saturated carbocycles. The van der Waals surface area contributed by atoms with Gasteiger partial charge in [0, 0.05) is 24.7 Å². The van der Waals surface area contributed by atoms with Crippen molar-refractivity contribution >= 4 is 76.2 Å². The van der Waals surface area contributed by atoms with Gasteiger partial charge < -0.3 is 62.7 Å². The number of nitrogens with one attached hydrogen (secondary N) is 2. The van der Waals surface area contributed by atoms with Gasteiger partial charge in [0.25, 0.3) is 0 Å². The maximum atomic E-state index is 11.5. The maximum absolute atomic E-state index is 11.5. The molecule has 0 amide bonds. The van der Waals surface area contributed by atoms with Crippen LogP contribution in [-0.4, -0.2) is 59.4 Å². The summed E-state index contributed by atoms with van der Waals surface area (Å²) in [5, 5.41) is 36.7. The van der Waals surface area contributed by atoms with Gasteiger partial charge in [-0.15, -0.1) is 10.2 Å². The van der Waals surface area contributed by atoms with Crippen LogP contribution >= 0.6 is 7.26 Å². The van der Waals surface area contributed by atoms with Crippen molar-refractivity contribution in [2.75, 3.05) is 26.5 Å². The van der Waals surface area contributed by atoms with E-state index in [9.17, 15) is 9.90 Å². The number of hydrogen-bond acceptors (Lipinski definition) is 8. The van der Waals surface area contributed by atoms with Gasteiger partial charge in [0.05, 0.1) is 12.2 Å². The first-order chi connectivity index (χ1) is 24.9. The second kappa shape index (κ2) is 22.0. The number of carbonyl (C=O) groups is 1. The van der Waals surface area contributed by atoms with Gasteiger partial charge in [-0.1, -0.05) is 97.1 Å². The molecule has 14 heteroatoms. The average Bonchev–Trinajstić information content (AvgIpc) is 3.19. The Bertz CT molecular complexity index is 1910. The number of halogens is 1. The van der Waals surface area contributed by atoms with E-state index in [0.717, 1.165) is 0 Å². The van der Waals surface area contributed by atoms with E-state index in [-0.39, 0.29) is 49.9 Å². The van der Waals surface area contributed by atoms with Crippen molar-refractivity contribution in [3.8, 4) is 0 Å². The van der Waals surface area contributed by atoms with Gasteiger partial charge in [-0.2, -0.15) is 10.2 Å². The number of aromatic carboxylic acids is 1. The number of carboxylic acid groups (broad SMARTS) is 1. The smallest absolute Gasteiger partial charge is 1.00 e. The first-order valence-electron chi connectivity index (χ1n) is 16.0. The molecule has 0 aliphatic carbocycles. The van der Waals surface area contributed by atoms with Crippen LogP contribution in [-0.2, 0) is 47.1 Å². The minimum Gasteiger partial charge on any atom is -1.00 e. The summed E-state index contributed by atoms with van der Waals surface area (Å²) >= 11 is 10.8. The van der Waals surface area contributed by atoms with Crippen LogP contribution in [0.5, 0.6) is 0 Å². The molecule has 9 nitrogen and oxygen atoms in total. The molecule has 0 saturated heterocycles. The third-order valence-corrected chi connectivity index (χ3v) is 12.4. The molecule has 5 rings (SSSR count). The molecular formula is C39H36BrCuN6O3PS2. The Morgan fingerprint density at radius 3 is 1.45 bits per heavy atom. The molecule has 0 aliphatic heterocycles. The fraction of sp³-hybridized carbons (Fsp3) is 0.103. The number of hydrogen-bond donors (Lipinski definition) is 3. The van der Waals surface area contributed by atoms with Crippen LogP contribution in [0.15, 0.2) is 166 Å². The molecule has 0 unspecified atom stereocenters. The zero-order chi connectivity index (χ0) is 35.9. The Morgan fingerprint density at radius 1 is 0.623 bits per heavy atom. The SMILES string of the molecule is CNC([S-])=NN=C(C(=NN=C([S-])NCCOC[P+](c1ccccc1)(c1ccccc1)c1ccccc1)c1ccccc1)c1ccc(C(=O)O)cc1.[Br-].[Cu+2]. The molecule has 5 aromatic rings. The summed E-state index contributed by atoms with van der Waals surface area (Å²) in [5.74, 6) is -1.04. The normalized spacial score (nSPS) is 12.2. The molecule has 0 fully saturated rings. The van der Waals surface area contributed by atoms with Crippen molar-refractivity contribution < 1.29 is 48.7 Å². The van der Waals surface area contributed by atoms with Gasteiger partial charge >= 0.3 is 23.0 Å². The van der Waals surface area contributed by atoms with Crippen molar-refractivity contribution in [3.63, 3.8) is 0 Å². The minimum atomic E-state index is -2.14. The Morgan fingerprint density at radius 2 is 1.02 bits per heavy atom. The Balaban J connectivity index is 0.00000378. The number of benzene rings is 5. The number of nitrogens with zero attached hydrogens (tertiary/aromatic N) is 4. The average molecular weight is 875 g/mol. The number of ether oxygens (including phenoxy) is 1. The van der Waals surface area contributed by atoms with Crippen molar-refractivity contribution in [2.45, 2.75) is 0 Å². The fourth-order valence-corrected chi connectivity index (χ4v) is 9.25. The van der Waals surface area contributed by atoms with E-state index in [2.05, 4.69) is 104 Å². The molecule has 53 heavy (non-hydrogen) atoms. The zero-order valence-corrected chi connectivity index (χ0v) is 33.5. The predicted octanol–water partition coefficient (Wildman–Crippen LogP) is 2.08. The summed E-state index contributed by atoms with van der Waals surface area (Å²) < 4.78 is 6.45. The zero-order valence-electron chi connectivity index (χ0n) is 28.5. The van der Waals surface area contributed by atoms with Crippen molar-refractivity contribution in [1.82, 2.24) is 10.6 Å². The summed E-state index contributed by atoms with van der Waals surface area (Å²) in [6.45, 7) is 0.780. The van der Waals surface area contributed by atoms with Crippen LogP contribution in [0.1, 0.15) is 21.5 Å². The van der Waals surface area contributed by atoms with Gasteiger partial charge in [0.15, 0.2) is 6.35 Å². The molecule has 275 valence electrons. The summed E-state index contributed by atoms with van der Waals surface area (Å²) in [4.78, 5) is 11.5. The van der Waals surface area contributed by atoms with E-state index in [1.165, 1.54) is 28.0 Å². The molecule has 5 aromatic carbocycles. The molecule has 0 spiro atoms. The fourth-order valence-electron chi connectivity index (χ4n) is 5.28. The first kappa shape index (κ1) is 43.1. The molecule has 0 atom stereocenters. The Hall–Kier alpha value is -4.32. The Labute approximate surface area is 342 Å². The van der Waals surface area contributed by atoms with E-state index in [0.29, 0.717) is 42.0 Å². The summed E-state index contributed by atoms with van der Waals surface area (Å²) in [7, 11) is -0.495. The van der Waals surface area contributed by atoms with Gasteiger partial charge in [0.1, 0.15) is 34.6 Å². The quantitative estimate of drug-likeness (QED) is 0.0298. The van der Waals surface area contributed by atoms with Crippen LogP contribution in [0.4, 0.5) is 0 Å². The molecule has 0 bridgehead atoms. The van der Waals surface area contributed by atoms with Crippen LogP contribution in [0, 0.1) is 0 Å². The third kappa shape index (κ3) is 11.6. The van der Waals surface area contributed by atoms with E-state index >= 15 is 0 Å². The Kier molecular flexibility index (Phi) is 17.9. The van der Waals surface area contributed by atoms with E-state index in [4.69, 9.17) is 30.0 Å². The first-order valence-corrected chi connectivity index (χ1v) is 18.8. The van der Waals surface area contributed by atoms with Gasteiger partial charge in [0.2, 0.25) is 0 Å². The van der Waals surface area contributed by atoms with E-state index in [1.807, 2.05) is 48.5 Å². The topological polar surface area (TPSA) is 120 Å². The summed E-state index contributed by atoms with van der Waals surface area (Å²) in [5.41, 5.74) is 2.09. The number of rotatable bonds is 14. The third-order valence-electron chi connectivity index (χ3n) is 7.77. The van der Waals surface area contributed by atoms with Gasteiger partial charge in [-0.05, 0) is 58.9 Å². The number of carboxylic acids is 1. The minimum absolute atomic E-state index is 0. The second-order valence-electron chi connectivity index (χ2n) is 11.0. The summed E-state index contributed by atoms with van der Waals surface area (Å²) in [6, 6.07) is 47.2. The van der Waals surface area contributed by atoms with Gasteiger partial charge in [-0.25, -0.2) is 4.79 Å². The molecule has 0 aliphatic rings. The maximum Gasteiger partial charge on any atom is 2.00 e. The van der Waals surface area contributed by atoms with Crippen molar-refractivity contribution in [3.05, 3.63) is 162 Å². The van der Waals surface area contributed by atoms with Crippen LogP contribution in [0.2, 0.25) is 0 Å². The summed E-state index contributed by atoms with van der Waals surface area (Å²) in [6.07, 6.45) is 0.505. The predicted molar refractivity (Wildman–Crippen MR) is 216 cm³/mol. The molecular weight excluding hydrogens is 839 g/mol. The molecule has 1 radical (unpaired) electrons. The van der Waals surface area contributed by atoms with Crippen LogP contribution in [0.25, 0.3) is 0 Å². The van der Waals surface area contributed by atoms with E-state index < -0.39 is 13.2 Å². The van der Waals surface area contributed by atoms with Gasteiger partial charge in [-0.3, -0.25) is 0 Å². The van der Waals surface area contributed by atoms with Crippen molar-refractivity contribution in [1.29, 1.82) is 0 Å². The second-order valence-corrected chi connectivity index (χ2v) is 15.2. The molecule has 3 N–H and O–H groups in total. The molecule has 0 aromatic heterocycles. The number of amidine groups is 2. The standard InChI is InChI=1S/C39H37N6O3PS2.BrH.Cu/c1-40-38(50)44-42-36(30-22-24-31(25-23-30)37(46)47)35(29-14-6-2-7-15-29)43-45-39(51)41-26-27-48-28-49(32-16-8-3-9-17-32,33-18-10-4-11-19-33)34-20-12-5-13-21-34;;/h2-25H,26-28H2,1H3,(H4-,40,41,42,43,44,45,46,47,50,51);1H;/q;;+2/p-2.